The average Bonchev–Trinajstić information content (AvgIpc) is 2.88. The van der Waals surface area contributed by atoms with Crippen LogP contribution in [-0.4, -0.2) is 66.7 Å². The average molecular weight is 271 g/mol. The lowest BCUT2D eigenvalue weighted by Gasteiger charge is -2.31. The summed E-state index contributed by atoms with van der Waals surface area (Å²) in [4.78, 5) is 26.4. The van der Waals surface area contributed by atoms with Gasteiger partial charge in [-0.15, -0.1) is 0 Å². The zero-order chi connectivity index (χ0) is 14.3. The molecule has 1 rings (SSSR count). The molecule has 0 aromatic rings. The molecule has 6 heteroatoms. The Labute approximate surface area is 114 Å². The van der Waals surface area contributed by atoms with E-state index in [0.29, 0.717) is 6.54 Å². The second-order valence-corrected chi connectivity index (χ2v) is 5.12. The van der Waals surface area contributed by atoms with E-state index in [-0.39, 0.29) is 18.6 Å². The summed E-state index contributed by atoms with van der Waals surface area (Å²) < 4.78 is 0. The highest BCUT2D eigenvalue weighted by molar-refractivity contribution is 5.80. The van der Waals surface area contributed by atoms with Crippen LogP contribution in [-0.2, 0) is 4.79 Å². The summed E-state index contributed by atoms with van der Waals surface area (Å²) in [5.74, 6) is -0.941. The third-order valence-electron chi connectivity index (χ3n) is 3.56. The Kier molecular flexibility index (Phi) is 6.62. The van der Waals surface area contributed by atoms with E-state index in [2.05, 4.69) is 5.32 Å². The van der Waals surface area contributed by atoms with E-state index in [1.165, 1.54) is 4.90 Å². The predicted molar refractivity (Wildman–Crippen MR) is 73.2 cm³/mol. The topological polar surface area (TPSA) is 72.9 Å². The van der Waals surface area contributed by atoms with Crippen molar-refractivity contribution < 1.29 is 14.7 Å². The summed E-state index contributed by atoms with van der Waals surface area (Å²) in [5.41, 5.74) is 0. The van der Waals surface area contributed by atoms with Crippen molar-refractivity contribution in [3.63, 3.8) is 0 Å². The monoisotopic (exact) mass is 271 g/mol. The van der Waals surface area contributed by atoms with Crippen molar-refractivity contribution in [1.82, 2.24) is 15.1 Å². The smallest absolute Gasteiger partial charge is 0.323 e. The van der Waals surface area contributed by atoms with Gasteiger partial charge in [0.2, 0.25) is 0 Å². The van der Waals surface area contributed by atoms with Gasteiger partial charge in [-0.05, 0) is 32.9 Å². The van der Waals surface area contributed by atoms with Gasteiger partial charge in [-0.3, -0.25) is 4.79 Å². The summed E-state index contributed by atoms with van der Waals surface area (Å²) >= 11 is 0. The third-order valence-corrected chi connectivity index (χ3v) is 3.56. The van der Waals surface area contributed by atoms with Gasteiger partial charge in [-0.2, -0.15) is 0 Å². The fourth-order valence-corrected chi connectivity index (χ4v) is 2.52. The summed E-state index contributed by atoms with van der Waals surface area (Å²) in [6.07, 6.45) is 4.87. The Bertz CT molecular complexity index is 304. The molecule has 0 spiro atoms. The molecule has 0 aliphatic heterocycles. The minimum absolute atomic E-state index is 0.0929. The maximum atomic E-state index is 12.3. The Balaban J connectivity index is 2.56. The normalized spacial score (nSPS) is 15.5. The summed E-state index contributed by atoms with van der Waals surface area (Å²) in [5, 5.41) is 12.0. The minimum atomic E-state index is -0.941. The molecule has 0 saturated heterocycles. The molecule has 0 aromatic heterocycles. The SMILES string of the molecule is CNCCCN(C)C(=O)N(CC(=O)O)C1CCCC1. The summed E-state index contributed by atoms with van der Waals surface area (Å²) in [6, 6.07) is -0.0687. The van der Waals surface area contributed by atoms with E-state index in [1.807, 2.05) is 7.05 Å². The minimum Gasteiger partial charge on any atom is -0.480 e. The molecule has 19 heavy (non-hydrogen) atoms. The van der Waals surface area contributed by atoms with Crippen LogP contribution >= 0.6 is 0 Å². The van der Waals surface area contributed by atoms with Crippen molar-refractivity contribution in [1.29, 1.82) is 0 Å². The van der Waals surface area contributed by atoms with E-state index in [0.717, 1.165) is 38.6 Å². The van der Waals surface area contributed by atoms with E-state index in [9.17, 15) is 9.59 Å². The molecule has 2 amide bonds. The molecule has 1 saturated carbocycles. The number of hydrogen-bond acceptors (Lipinski definition) is 3. The number of aliphatic carboxylic acids is 1. The number of hydrogen-bond donors (Lipinski definition) is 2. The number of carbonyl (C=O) groups is 2. The molecule has 2 N–H and O–H groups in total. The molecule has 0 atom stereocenters. The Morgan fingerprint density at radius 1 is 1.32 bits per heavy atom. The van der Waals surface area contributed by atoms with Crippen LogP contribution in [0.5, 0.6) is 0 Å². The van der Waals surface area contributed by atoms with Crippen LogP contribution in [0.25, 0.3) is 0 Å². The number of carbonyl (C=O) groups excluding carboxylic acids is 1. The molecule has 0 bridgehead atoms. The lowest BCUT2D eigenvalue weighted by Crippen LogP contribution is -2.48. The van der Waals surface area contributed by atoms with Gasteiger partial charge >= 0.3 is 12.0 Å². The number of carboxylic acid groups (broad SMARTS) is 1. The third kappa shape index (κ3) is 5.06. The number of nitrogens with one attached hydrogen (secondary N) is 1. The Morgan fingerprint density at radius 3 is 2.47 bits per heavy atom. The molecule has 0 radical (unpaired) electrons. The molecule has 1 fully saturated rings. The first-order chi connectivity index (χ1) is 9.06. The predicted octanol–water partition coefficient (Wildman–Crippen LogP) is 0.977. The molecule has 6 nitrogen and oxygen atoms in total. The first-order valence-electron chi connectivity index (χ1n) is 6.94. The van der Waals surface area contributed by atoms with Gasteiger partial charge in [-0.25, -0.2) is 4.79 Å². The molecule has 1 aliphatic carbocycles. The largest absolute Gasteiger partial charge is 0.480 e. The van der Waals surface area contributed by atoms with E-state index >= 15 is 0 Å². The van der Waals surface area contributed by atoms with E-state index < -0.39 is 5.97 Å². The van der Waals surface area contributed by atoms with Crippen LogP contribution in [0, 0.1) is 0 Å². The van der Waals surface area contributed by atoms with Crippen LogP contribution in [0.15, 0.2) is 0 Å². The molecule has 0 heterocycles. The fourth-order valence-electron chi connectivity index (χ4n) is 2.52. The molecule has 0 aromatic carbocycles. The second kappa shape index (κ2) is 7.99. The van der Waals surface area contributed by atoms with Gasteiger partial charge in [0, 0.05) is 19.6 Å². The van der Waals surface area contributed by atoms with Crippen molar-refractivity contribution in [3.8, 4) is 0 Å². The van der Waals surface area contributed by atoms with Gasteiger partial charge in [0.15, 0.2) is 0 Å². The van der Waals surface area contributed by atoms with Crippen molar-refractivity contribution in [3.05, 3.63) is 0 Å². The lowest BCUT2D eigenvalue weighted by atomic mass is 10.2. The highest BCUT2D eigenvalue weighted by Gasteiger charge is 2.29. The highest BCUT2D eigenvalue weighted by atomic mass is 16.4. The van der Waals surface area contributed by atoms with Gasteiger partial charge in [0.05, 0.1) is 0 Å². The van der Waals surface area contributed by atoms with Crippen LogP contribution in [0.4, 0.5) is 4.79 Å². The highest BCUT2D eigenvalue weighted by Crippen LogP contribution is 2.24. The zero-order valence-corrected chi connectivity index (χ0v) is 11.9. The molecular weight excluding hydrogens is 246 g/mol. The summed E-state index contributed by atoms with van der Waals surface area (Å²) in [7, 11) is 3.61. The van der Waals surface area contributed by atoms with Crippen molar-refractivity contribution in [2.45, 2.75) is 38.1 Å². The first-order valence-corrected chi connectivity index (χ1v) is 6.94. The first kappa shape index (κ1) is 15.8. The maximum absolute atomic E-state index is 12.3. The van der Waals surface area contributed by atoms with E-state index in [1.54, 1.807) is 11.9 Å². The standard InChI is InChI=1S/C13H25N3O3/c1-14-8-5-9-15(2)13(19)16(10-12(17)18)11-6-3-4-7-11/h11,14H,3-10H2,1-2H3,(H,17,18). The van der Waals surface area contributed by atoms with Crippen molar-refractivity contribution in [2.75, 3.05) is 33.7 Å². The maximum Gasteiger partial charge on any atom is 0.323 e. The number of carboxylic acids is 1. The van der Waals surface area contributed by atoms with Gasteiger partial charge in [0.1, 0.15) is 6.54 Å². The number of nitrogens with zero attached hydrogens (tertiary/aromatic N) is 2. The molecular formula is C13H25N3O3. The number of amides is 2. The number of urea groups is 1. The molecule has 1 aliphatic rings. The Hall–Kier alpha value is -1.30. The fraction of sp³-hybridized carbons (Fsp3) is 0.846. The lowest BCUT2D eigenvalue weighted by molar-refractivity contribution is -0.138. The quantitative estimate of drug-likeness (QED) is 0.677. The molecule has 110 valence electrons. The van der Waals surface area contributed by atoms with Crippen LogP contribution in [0.2, 0.25) is 0 Å². The summed E-state index contributed by atoms with van der Waals surface area (Å²) in [6.45, 7) is 1.29. The van der Waals surface area contributed by atoms with Gasteiger partial charge in [-0.1, -0.05) is 12.8 Å². The van der Waals surface area contributed by atoms with Crippen LogP contribution in [0.3, 0.4) is 0 Å². The van der Waals surface area contributed by atoms with Crippen molar-refractivity contribution in [2.24, 2.45) is 0 Å². The molecule has 0 unspecified atom stereocenters. The Morgan fingerprint density at radius 2 is 1.95 bits per heavy atom. The van der Waals surface area contributed by atoms with Crippen molar-refractivity contribution >= 4 is 12.0 Å². The van der Waals surface area contributed by atoms with Gasteiger partial charge < -0.3 is 20.2 Å². The van der Waals surface area contributed by atoms with Crippen LogP contribution in [0.1, 0.15) is 32.1 Å². The van der Waals surface area contributed by atoms with Gasteiger partial charge in [0.25, 0.3) is 0 Å². The number of rotatable bonds is 7. The van der Waals surface area contributed by atoms with Crippen LogP contribution < -0.4 is 5.32 Å². The zero-order valence-electron chi connectivity index (χ0n) is 11.9. The second-order valence-electron chi connectivity index (χ2n) is 5.12. The van der Waals surface area contributed by atoms with E-state index in [4.69, 9.17) is 5.11 Å².